The number of hydrogen-bond acceptors (Lipinski definition) is 3. The summed E-state index contributed by atoms with van der Waals surface area (Å²) in [4.78, 5) is 11.3. The van der Waals surface area contributed by atoms with Crippen LogP contribution in [-0.2, 0) is 11.3 Å². The molecule has 4 heteroatoms. The second-order valence-corrected chi connectivity index (χ2v) is 3.79. The molecule has 0 unspecified atom stereocenters. The fraction of sp³-hybridized carbons (Fsp3) is 0.385. The minimum absolute atomic E-state index is 0.0752. The zero-order valence-corrected chi connectivity index (χ0v) is 9.99. The highest BCUT2D eigenvalue weighted by Crippen LogP contribution is 2.05. The van der Waals surface area contributed by atoms with Gasteiger partial charge in [0.2, 0.25) is 5.91 Å². The summed E-state index contributed by atoms with van der Waals surface area (Å²) in [5.74, 6) is -0.0752. The molecule has 0 saturated heterocycles. The SMILES string of the molecule is Cc1ccccc1CNCC(=O)NCCC#N. The van der Waals surface area contributed by atoms with Crippen LogP contribution >= 0.6 is 0 Å². The molecule has 0 heterocycles. The number of hydrogen-bond donors (Lipinski definition) is 2. The van der Waals surface area contributed by atoms with Crippen LogP contribution in [0.4, 0.5) is 0 Å². The van der Waals surface area contributed by atoms with Gasteiger partial charge in [0.25, 0.3) is 0 Å². The Morgan fingerprint density at radius 2 is 2.18 bits per heavy atom. The third-order valence-electron chi connectivity index (χ3n) is 2.42. The molecule has 0 aliphatic heterocycles. The molecule has 4 nitrogen and oxygen atoms in total. The van der Waals surface area contributed by atoms with Gasteiger partial charge in [-0.25, -0.2) is 0 Å². The van der Waals surface area contributed by atoms with E-state index in [0.29, 0.717) is 19.5 Å². The van der Waals surface area contributed by atoms with Crippen molar-refractivity contribution in [2.75, 3.05) is 13.1 Å². The van der Waals surface area contributed by atoms with Gasteiger partial charge in [0.1, 0.15) is 0 Å². The summed E-state index contributed by atoms with van der Waals surface area (Å²) in [7, 11) is 0. The van der Waals surface area contributed by atoms with Crippen molar-refractivity contribution in [2.24, 2.45) is 0 Å². The van der Waals surface area contributed by atoms with E-state index in [-0.39, 0.29) is 12.5 Å². The van der Waals surface area contributed by atoms with E-state index in [0.717, 1.165) is 0 Å². The van der Waals surface area contributed by atoms with Crippen LogP contribution in [0.3, 0.4) is 0 Å². The van der Waals surface area contributed by atoms with Crippen LogP contribution < -0.4 is 10.6 Å². The third kappa shape index (κ3) is 5.14. The normalized spacial score (nSPS) is 9.65. The Bertz CT molecular complexity index is 409. The molecule has 1 aromatic rings. The quantitative estimate of drug-likeness (QED) is 0.721. The van der Waals surface area contributed by atoms with Gasteiger partial charge in [-0.05, 0) is 18.1 Å². The lowest BCUT2D eigenvalue weighted by molar-refractivity contribution is -0.120. The van der Waals surface area contributed by atoms with Gasteiger partial charge >= 0.3 is 0 Å². The molecular formula is C13H17N3O. The summed E-state index contributed by atoms with van der Waals surface area (Å²) in [6.45, 7) is 3.42. The summed E-state index contributed by atoms with van der Waals surface area (Å²) in [6.07, 6.45) is 0.351. The topological polar surface area (TPSA) is 64.9 Å². The molecule has 1 amide bonds. The van der Waals surface area contributed by atoms with E-state index in [2.05, 4.69) is 10.6 Å². The number of aryl methyl sites for hydroxylation is 1. The van der Waals surface area contributed by atoms with Gasteiger partial charge in [0.15, 0.2) is 0 Å². The lowest BCUT2D eigenvalue weighted by atomic mass is 10.1. The number of carbonyl (C=O) groups excluding carboxylic acids is 1. The molecular weight excluding hydrogens is 214 g/mol. The fourth-order valence-electron chi connectivity index (χ4n) is 1.44. The summed E-state index contributed by atoms with van der Waals surface area (Å²) >= 11 is 0. The van der Waals surface area contributed by atoms with Gasteiger partial charge in [0.05, 0.1) is 19.0 Å². The Hall–Kier alpha value is -1.86. The molecule has 1 rings (SSSR count). The molecule has 0 radical (unpaired) electrons. The van der Waals surface area contributed by atoms with Gasteiger partial charge < -0.3 is 10.6 Å². The second kappa shape index (κ2) is 7.42. The maximum atomic E-state index is 11.3. The second-order valence-electron chi connectivity index (χ2n) is 3.79. The number of benzene rings is 1. The highest BCUT2D eigenvalue weighted by atomic mass is 16.1. The Morgan fingerprint density at radius 3 is 2.88 bits per heavy atom. The number of rotatable bonds is 6. The molecule has 0 spiro atoms. The van der Waals surface area contributed by atoms with Gasteiger partial charge in [0, 0.05) is 13.1 Å². The van der Waals surface area contributed by atoms with Crippen molar-refractivity contribution in [3.8, 4) is 6.07 Å². The molecule has 0 aliphatic rings. The summed E-state index contributed by atoms with van der Waals surface area (Å²) in [5, 5.41) is 14.1. The van der Waals surface area contributed by atoms with E-state index < -0.39 is 0 Å². The molecule has 2 N–H and O–H groups in total. The first-order valence-corrected chi connectivity index (χ1v) is 5.63. The number of carbonyl (C=O) groups is 1. The summed E-state index contributed by atoms with van der Waals surface area (Å²) in [5.41, 5.74) is 2.40. The van der Waals surface area contributed by atoms with Crippen LogP contribution in [-0.4, -0.2) is 19.0 Å². The Labute approximate surface area is 102 Å². The Kier molecular flexibility index (Phi) is 5.76. The van der Waals surface area contributed by atoms with E-state index >= 15 is 0 Å². The third-order valence-corrected chi connectivity index (χ3v) is 2.42. The van der Waals surface area contributed by atoms with Crippen molar-refractivity contribution in [3.05, 3.63) is 35.4 Å². The van der Waals surface area contributed by atoms with Crippen LogP contribution in [0.2, 0.25) is 0 Å². The fourth-order valence-corrected chi connectivity index (χ4v) is 1.44. The van der Waals surface area contributed by atoms with E-state index in [1.165, 1.54) is 11.1 Å². The van der Waals surface area contributed by atoms with Crippen LogP contribution in [0.5, 0.6) is 0 Å². The van der Waals surface area contributed by atoms with Crippen molar-refractivity contribution in [3.63, 3.8) is 0 Å². The monoisotopic (exact) mass is 231 g/mol. The van der Waals surface area contributed by atoms with Crippen LogP contribution in [0.25, 0.3) is 0 Å². The van der Waals surface area contributed by atoms with E-state index in [1.807, 2.05) is 37.3 Å². The Morgan fingerprint density at radius 1 is 1.41 bits per heavy atom. The number of amides is 1. The van der Waals surface area contributed by atoms with Gasteiger partial charge in [-0.3, -0.25) is 4.79 Å². The minimum atomic E-state index is -0.0752. The lowest BCUT2D eigenvalue weighted by Gasteiger charge is -2.07. The van der Waals surface area contributed by atoms with Crippen molar-refractivity contribution < 1.29 is 4.79 Å². The van der Waals surface area contributed by atoms with Gasteiger partial charge in [-0.1, -0.05) is 24.3 Å². The van der Waals surface area contributed by atoms with Gasteiger partial charge in [-0.15, -0.1) is 0 Å². The van der Waals surface area contributed by atoms with Crippen LogP contribution in [0.1, 0.15) is 17.5 Å². The molecule has 90 valence electrons. The lowest BCUT2D eigenvalue weighted by Crippen LogP contribution is -2.34. The van der Waals surface area contributed by atoms with Crippen LogP contribution in [0, 0.1) is 18.3 Å². The van der Waals surface area contributed by atoms with Crippen LogP contribution in [0.15, 0.2) is 24.3 Å². The predicted octanol–water partition coefficient (Wildman–Crippen LogP) is 1.11. The molecule has 1 aromatic carbocycles. The maximum absolute atomic E-state index is 11.3. The zero-order valence-electron chi connectivity index (χ0n) is 9.99. The summed E-state index contributed by atoms with van der Waals surface area (Å²) in [6, 6.07) is 10.0. The van der Waals surface area contributed by atoms with Crippen molar-refractivity contribution in [1.29, 1.82) is 5.26 Å². The first kappa shape index (κ1) is 13.2. The average molecular weight is 231 g/mol. The maximum Gasteiger partial charge on any atom is 0.234 e. The van der Waals surface area contributed by atoms with E-state index in [4.69, 9.17) is 5.26 Å². The molecule has 0 aliphatic carbocycles. The number of nitriles is 1. The van der Waals surface area contributed by atoms with E-state index in [9.17, 15) is 4.79 Å². The predicted molar refractivity (Wildman–Crippen MR) is 66.1 cm³/mol. The first-order chi connectivity index (χ1) is 8.24. The van der Waals surface area contributed by atoms with E-state index in [1.54, 1.807) is 0 Å². The molecule has 0 atom stereocenters. The molecule has 0 bridgehead atoms. The van der Waals surface area contributed by atoms with Crippen molar-refractivity contribution >= 4 is 5.91 Å². The summed E-state index contributed by atoms with van der Waals surface area (Å²) < 4.78 is 0. The Balaban J connectivity index is 2.22. The smallest absolute Gasteiger partial charge is 0.234 e. The molecule has 0 fully saturated rings. The highest BCUT2D eigenvalue weighted by Gasteiger charge is 2.00. The zero-order chi connectivity index (χ0) is 12.5. The first-order valence-electron chi connectivity index (χ1n) is 5.63. The standard InChI is InChI=1S/C13H17N3O/c1-11-5-2-3-6-12(11)9-15-10-13(17)16-8-4-7-14/h2-3,5-6,15H,4,8-10H2,1H3,(H,16,17). The van der Waals surface area contributed by atoms with Crippen molar-refractivity contribution in [1.82, 2.24) is 10.6 Å². The average Bonchev–Trinajstić information content (AvgIpc) is 2.32. The number of nitrogens with one attached hydrogen (secondary N) is 2. The molecule has 0 aromatic heterocycles. The highest BCUT2D eigenvalue weighted by molar-refractivity contribution is 5.77. The van der Waals surface area contributed by atoms with Crippen molar-refractivity contribution in [2.45, 2.75) is 19.9 Å². The minimum Gasteiger partial charge on any atom is -0.354 e. The molecule has 0 saturated carbocycles. The number of nitrogens with zero attached hydrogens (tertiary/aromatic N) is 1. The largest absolute Gasteiger partial charge is 0.354 e. The van der Waals surface area contributed by atoms with Gasteiger partial charge in [-0.2, -0.15) is 5.26 Å². The molecule has 17 heavy (non-hydrogen) atoms.